The van der Waals surface area contributed by atoms with Crippen LogP contribution in [0.25, 0.3) is 0 Å². The van der Waals surface area contributed by atoms with Crippen molar-refractivity contribution >= 4 is 29.3 Å². The van der Waals surface area contributed by atoms with Crippen LogP contribution >= 0.6 is 23.4 Å². The molecule has 0 aromatic heterocycles. The summed E-state index contributed by atoms with van der Waals surface area (Å²) in [7, 11) is 0. The van der Waals surface area contributed by atoms with Gasteiger partial charge in [0.05, 0.1) is 6.61 Å². The van der Waals surface area contributed by atoms with E-state index in [1.165, 1.54) is 0 Å². The van der Waals surface area contributed by atoms with E-state index >= 15 is 0 Å². The molecule has 5 heteroatoms. The molecule has 0 radical (unpaired) electrons. The number of hydrogen-bond acceptors (Lipinski definition) is 3. The summed E-state index contributed by atoms with van der Waals surface area (Å²) in [6.07, 6.45) is 0. The lowest BCUT2D eigenvalue weighted by Crippen LogP contribution is -2.27. The number of carbonyl (C=O) groups is 1. The van der Waals surface area contributed by atoms with Crippen molar-refractivity contribution in [1.29, 1.82) is 0 Å². The molecule has 0 saturated carbocycles. The number of aliphatic carboxylic acids is 1. The number of rotatable bonds is 1. The van der Waals surface area contributed by atoms with Crippen LogP contribution in [0, 0.1) is 0 Å². The highest BCUT2D eigenvalue weighted by atomic mass is 35.5. The SMILES string of the molecule is O=C(O)[C@@]1(Cl)OCCS1. The molecule has 1 aliphatic heterocycles. The van der Waals surface area contributed by atoms with Crippen molar-refractivity contribution in [2.45, 2.75) is 4.39 Å². The van der Waals surface area contributed by atoms with Gasteiger partial charge in [0.2, 0.25) is 0 Å². The lowest BCUT2D eigenvalue weighted by atomic mass is 10.7. The van der Waals surface area contributed by atoms with Gasteiger partial charge >= 0.3 is 5.97 Å². The minimum atomic E-state index is -1.50. The first-order chi connectivity index (χ1) is 4.15. The summed E-state index contributed by atoms with van der Waals surface area (Å²) in [5.74, 6) is -0.470. The molecule has 0 aromatic rings. The first-order valence-corrected chi connectivity index (χ1v) is 3.72. The largest absolute Gasteiger partial charge is 0.477 e. The van der Waals surface area contributed by atoms with Crippen LogP contribution in [-0.2, 0) is 9.53 Å². The molecule has 0 unspecified atom stereocenters. The third kappa shape index (κ3) is 1.31. The molecular formula is C4H5ClO3S. The maximum Gasteiger partial charge on any atom is 0.363 e. The van der Waals surface area contributed by atoms with E-state index in [9.17, 15) is 4.79 Å². The summed E-state index contributed by atoms with van der Waals surface area (Å²) in [5, 5.41) is 8.39. The lowest BCUT2D eigenvalue weighted by molar-refractivity contribution is -0.146. The third-order valence-electron chi connectivity index (χ3n) is 0.914. The van der Waals surface area contributed by atoms with Gasteiger partial charge in [-0.3, -0.25) is 0 Å². The Balaban J connectivity index is 2.61. The highest BCUT2D eigenvalue weighted by molar-refractivity contribution is 8.02. The molecule has 0 aromatic carbocycles. The van der Waals surface area contributed by atoms with Crippen LogP contribution in [0.4, 0.5) is 0 Å². The van der Waals surface area contributed by atoms with Crippen molar-refractivity contribution in [3.63, 3.8) is 0 Å². The van der Waals surface area contributed by atoms with E-state index in [1.807, 2.05) is 0 Å². The van der Waals surface area contributed by atoms with Gasteiger partial charge in [0.25, 0.3) is 4.39 Å². The molecule has 1 fully saturated rings. The lowest BCUT2D eigenvalue weighted by Gasteiger charge is -2.11. The van der Waals surface area contributed by atoms with Crippen LogP contribution in [-0.4, -0.2) is 27.8 Å². The van der Waals surface area contributed by atoms with Gasteiger partial charge in [-0.05, 0) is 0 Å². The molecule has 52 valence electrons. The Bertz CT molecular complexity index is 132. The van der Waals surface area contributed by atoms with Crippen molar-refractivity contribution in [2.24, 2.45) is 0 Å². The van der Waals surface area contributed by atoms with Crippen LogP contribution in [0.5, 0.6) is 0 Å². The fraction of sp³-hybridized carbons (Fsp3) is 0.750. The highest BCUT2D eigenvalue weighted by Gasteiger charge is 2.41. The summed E-state index contributed by atoms with van der Waals surface area (Å²) in [6, 6.07) is 0. The molecule has 0 bridgehead atoms. The van der Waals surface area contributed by atoms with Gasteiger partial charge in [0.15, 0.2) is 0 Å². The fourth-order valence-electron chi connectivity index (χ4n) is 0.511. The maximum absolute atomic E-state index is 10.2. The molecule has 9 heavy (non-hydrogen) atoms. The first kappa shape index (κ1) is 7.18. The van der Waals surface area contributed by atoms with Gasteiger partial charge in [0, 0.05) is 5.75 Å². The van der Waals surface area contributed by atoms with E-state index in [0.717, 1.165) is 11.8 Å². The van der Waals surface area contributed by atoms with E-state index in [2.05, 4.69) is 0 Å². The molecular weight excluding hydrogens is 164 g/mol. The Morgan fingerprint density at radius 3 is 2.78 bits per heavy atom. The van der Waals surface area contributed by atoms with Crippen molar-refractivity contribution in [2.75, 3.05) is 12.4 Å². The standard InChI is InChI=1S/C4H5ClO3S/c5-4(3(6)7)8-1-2-9-4/h1-2H2,(H,6,7)/t4-/m1/s1. The van der Waals surface area contributed by atoms with Crippen molar-refractivity contribution in [3.05, 3.63) is 0 Å². The van der Waals surface area contributed by atoms with Crippen molar-refractivity contribution in [3.8, 4) is 0 Å². The first-order valence-electron chi connectivity index (χ1n) is 2.35. The zero-order chi connectivity index (χ0) is 6.91. The smallest absolute Gasteiger partial charge is 0.363 e. The highest BCUT2D eigenvalue weighted by Crippen LogP contribution is 2.36. The molecule has 1 N–H and O–H groups in total. The average molecular weight is 169 g/mol. The van der Waals surface area contributed by atoms with Crippen LogP contribution < -0.4 is 0 Å². The zero-order valence-corrected chi connectivity index (χ0v) is 6.04. The minimum Gasteiger partial charge on any atom is -0.477 e. The second-order valence-corrected chi connectivity index (χ2v) is 3.57. The number of ether oxygens (including phenoxy) is 1. The second-order valence-electron chi connectivity index (χ2n) is 1.54. The van der Waals surface area contributed by atoms with Gasteiger partial charge in [-0.1, -0.05) is 23.4 Å². The van der Waals surface area contributed by atoms with E-state index in [-0.39, 0.29) is 0 Å². The quantitative estimate of drug-likeness (QED) is 0.587. The number of thioether (sulfide) groups is 1. The second kappa shape index (κ2) is 2.36. The molecule has 1 rings (SSSR count). The topological polar surface area (TPSA) is 46.5 Å². The summed E-state index contributed by atoms with van der Waals surface area (Å²) in [5.41, 5.74) is 0. The molecule has 1 heterocycles. The molecule has 3 nitrogen and oxygen atoms in total. The summed E-state index contributed by atoms with van der Waals surface area (Å²) in [6.45, 7) is 0.417. The Morgan fingerprint density at radius 1 is 1.89 bits per heavy atom. The molecule has 1 saturated heterocycles. The predicted octanol–water partition coefficient (Wildman–Crippen LogP) is 0.727. The predicted molar refractivity (Wildman–Crippen MR) is 34.6 cm³/mol. The normalized spacial score (nSPS) is 34.8. The fourth-order valence-corrected chi connectivity index (χ4v) is 1.54. The number of alkyl halides is 1. The maximum atomic E-state index is 10.2. The van der Waals surface area contributed by atoms with Gasteiger partial charge in [-0.25, -0.2) is 4.79 Å². The number of carboxylic acid groups (broad SMARTS) is 1. The van der Waals surface area contributed by atoms with Gasteiger partial charge < -0.3 is 9.84 Å². The summed E-state index contributed by atoms with van der Waals surface area (Å²) < 4.78 is 3.23. The van der Waals surface area contributed by atoms with E-state index < -0.39 is 10.4 Å². The summed E-state index contributed by atoms with van der Waals surface area (Å²) in [4.78, 5) is 10.2. The number of carboxylic acids is 1. The van der Waals surface area contributed by atoms with Crippen molar-refractivity contribution in [1.82, 2.24) is 0 Å². The van der Waals surface area contributed by atoms with Gasteiger partial charge in [0.1, 0.15) is 0 Å². The van der Waals surface area contributed by atoms with E-state index in [0.29, 0.717) is 12.4 Å². The van der Waals surface area contributed by atoms with E-state index in [1.54, 1.807) is 0 Å². The average Bonchev–Trinajstić information content (AvgIpc) is 2.16. The molecule has 0 spiro atoms. The molecule has 1 atom stereocenters. The van der Waals surface area contributed by atoms with Crippen LogP contribution in [0.15, 0.2) is 0 Å². The van der Waals surface area contributed by atoms with Crippen LogP contribution in [0.1, 0.15) is 0 Å². The Labute approximate surface area is 61.3 Å². The van der Waals surface area contributed by atoms with E-state index in [4.69, 9.17) is 21.4 Å². The van der Waals surface area contributed by atoms with Crippen molar-refractivity contribution < 1.29 is 14.6 Å². The third-order valence-corrected chi connectivity index (χ3v) is 2.55. The monoisotopic (exact) mass is 168 g/mol. The van der Waals surface area contributed by atoms with Gasteiger partial charge in [-0.15, -0.1) is 0 Å². The number of hydrogen-bond donors (Lipinski definition) is 1. The molecule has 0 aliphatic carbocycles. The Kier molecular flexibility index (Phi) is 1.88. The summed E-state index contributed by atoms with van der Waals surface area (Å²) >= 11 is 6.54. The molecule has 1 aliphatic rings. The molecule has 0 amide bonds. The Morgan fingerprint density at radius 2 is 2.56 bits per heavy atom. The van der Waals surface area contributed by atoms with Gasteiger partial charge in [-0.2, -0.15) is 0 Å². The minimum absolute atomic E-state index is 0.417. The van der Waals surface area contributed by atoms with Crippen LogP contribution in [0.3, 0.4) is 0 Å². The number of halogens is 1. The van der Waals surface area contributed by atoms with Crippen LogP contribution in [0.2, 0.25) is 0 Å². The zero-order valence-electron chi connectivity index (χ0n) is 4.46. The Hall–Kier alpha value is 0.0700.